The van der Waals surface area contributed by atoms with Gasteiger partial charge in [-0.2, -0.15) is 0 Å². The van der Waals surface area contributed by atoms with E-state index in [0.29, 0.717) is 26.0 Å². The summed E-state index contributed by atoms with van der Waals surface area (Å²) in [4.78, 5) is 11.2. The van der Waals surface area contributed by atoms with Crippen molar-refractivity contribution in [2.75, 3.05) is 19.4 Å². The van der Waals surface area contributed by atoms with E-state index in [1.54, 1.807) is 6.92 Å². The van der Waals surface area contributed by atoms with Crippen molar-refractivity contribution in [3.8, 4) is 0 Å². The maximum Gasteiger partial charge on any atom is 0.307 e. The van der Waals surface area contributed by atoms with E-state index in [1.165, 1.54) is 6.26 Å². The van der Waals surface area contributed by atoms with Gasteiger partial charge in [-0.25, -0.2) is 8.42 Å². The van der Waals surface area contributed by atoms with Crippen LogP contribution >= 0.6 is 0 Å². The second-order valence-corrected chi connectivity index (χ2v) is 7.15. The molecule has 0 aliphatic heterocycles. The molecule has 1 fully saturated rings. The van der Waals surface area contributed by atoms with Crippen molar-refractivity contribution in [1.82, 2.24) is 5.32 Å². The lowest BCUT2D eigenvalue weighted by Crippen LogP contribution is -2.39. The van der Waals surface area contributed by atoms with E-state index < -0.39 is 9.84 Å². The first-order chi connectivity index (χ1) is 8.43. The Hall–Kier alpha value is -0.620. The highest BCUT2D eigenvalue weighted by atomic mass is 32.2. The van der Waals surface area contributed by atoms with E-state index in [9.17, 15) is 13.2 Å². The van der Waals surface area contributed by atoms with Crippen LogP contribution < -0.4 is 5.32 Å². The average molecular weight is 277 g/mol. The first kappa shape index (κ1) is 15.4. The molecule has 0 aromatic carbocycles. The Morgan fingerprint density at radius 2 is 2.11 bits per heavy atom. The maximum atomic E-state index is 11.5. The zero-order chi connectivity index (χ0) is 13.6. The second-order valence-electron chi connectivity index (χ2n) is 4.82. The number of hydrogen-bond acceptors (Lipinski definition) is 5. The molecule has 1 aliphatic carbocycles. The van der Waals surface area contributed by atoms with Crippen LogP contribution in [0.4, 0.5) is 0 Å². The number of hydrogen-bond donors (Lipinski definition) is 1. The van der Waals surface area contributed by atoms with Crippen molar-refractivity contribution in [1.29, 1.82) is 0 Å². The zero-order valence-electron chi connectivity index (χ0n) is 11.1. The molecule has 6 heteroatoms. The third kappa shape index (κ3) is 5.35. The molecular weight excluding hydrogens is 254 g/mol. The summed E-state index contributed by atoms with van der Waals surface area (Å²) >= 11 is 0. The SMILES string of the molecule is CCOC(=O)CCNC1CCCC(S(C)(=O)=O)C1. The van der Waals surface area contributed by atoms with Gasteiger partial charge >= 0.3 is 5.97 Å². The van der Waals surface area contributed by atoms with Crippen molar-refractivity contribution in [2.45, 2.75) is 50.3 Å². The summed E-state index contributed by atoms with van der Waals surface area (Å²) in [5.74, 6) is -0.208. The Morgan fingerprint density at radius 1 is 1.39 bits per heavy atom. The highest BCUT2D eigenvalue weighted by molar-refractivity contribution is 7.91. The summed E-state index contributed by atoms with van der Waals surface area (Å²) in [5.41, 5.74) is 0. The van der Waals surface area contributed by atoms with E-state index in [-0.39, 0.29) is 17.3 Å². The molecule has 106 valence electrons. The predicted molar refractivity (Wildman–Crippen MR) is 70.1 cm³/mol. The fourth-order valence-electron chi connectivity index (χ4n) is 2.33. The summed E-state index contributed by atoms with van der Waals surface area (Å²) in [7, 11) is -2.94. The van der Waals surface area contributed by atoms with Gasteiger partial charge in [0.1, 0.15) is 9.84 Å². The molecule has 1 N–H and O–H groups in total. The van der Waals surface area contributed by atoms with Crippen LogP contribution in [0.25, 0.3) is 0 Å². The van der Waals surface area contributed by atoms with E-state index in [4.69, 9.17) is 4.74 Å². The van der Waals surface area contributed by atoms with E-state index in [2.05, 4.69) is 5.32 Å². The number of rotatable bonds is 6. The van der Waals surface area contributed by atoms with Gasteiger partial charge in [0, 0.05) is 18.8 Å². The van der Waals surface area contributed by atoms with Crippen LogP contribution in [0.2, 0.25) is 0 Å². The maximum absolute atomic E-state index is 11.5. The summed E-state index contributed by atoms with van der Waals surface area (Å²) in [5, 5.41) is 3.02. The van der Waals surface area contributed by atoms with Crippen LogP contribution in [0.3, 0.4) is 0 Å². The van der Waals surface area contributed by atoms with E-state index in [0.717, 1.165) is 19.3 Å². The smallest absolute Gasteiger partial charge is 0.307 e. The Kier molecular flexibility index (Phi) is 6.08. The van der Waals surface area contributed by atoms with Gasteiger partial charge in [0.25, 0.3) is 0 Å². The van der Waals surface area contributed by atoms with Gasteiger partial charge in [-0.1, -0.05) is 6.42 Å². The number of nitrogens with one attached hydrogen (secondary N) is 1. The van der Waals surface area contributed by atoms with Gasteiger partial charge in [0.05, 0.1) is 18.3 Å². The number of sulfone groups is 1. The Balaban J connectivity index is 2.29. The average Bonchev–Trinajstić information content (AvgIpc) is 2.29. The van der Waals surface area contributed by atoms with Gasteiger partial charge in [-0.05, 0) is 26.2 Å². The minimum Gasteiger partial charge on any atom is -0.466 e. The minimum atomic E-state index is -2.94. The molecule has 0 saturated heterocycles. The number of carbonyl (C=O) groups is 1. The van der Waals surface area contributed by atoms with E-state index >= 15 is 0 Å². The van der Waals surface area contributed by atoms with Crippen molar-refractivity contribution in [3.63, 3.8) is 0 Å². The van der Waals surface area contributed by atoms with Gasteiger partial charge in [-0.15, -0.1) is 0 Å². The van der Waals surface area contributed by atoms with Crippen LogP contribution in [0.1, 0.15) is 39.0 Å². The fraction of sp³-hybridized carbons (Fsp3) is 0.917. The molecule has 2 atom stereocenters. The molecule has 0 amide bonds. The molecule has 0 spiro atoms. The molecular formula is C12H23NO4S. The molecule has 18 heavy (non-hydrogen) atoms. The monoisotopic (exact) mass is 277 g/mol. The molecule has 1 aliphatic rings. The van der Waals surface area contributed by atoms with Gasteiger partial charge in [0.15, 0.2) is 0 Å². The van der Waals surface area contributed by atoms with Gasteiger partial charge in [-0.3, -0.25) is 4.79 Å². The third-order valence-electron chi connectivity index (χ3n) is 3.30. The molecule has 1 saturated carbocycles. The Morgan fingerprint density at radius 3 is 2.72 bits per heavy atom. The highest BCUT2D eigenvalue weighted by Gasteiger charge is 2.28. The molecule has 0 radical (unpaired) electrons. The molecule has 0 aromatic rings. The highest BCUT2D eigenvalue weighted by Crippen LogP contribution is 2.23. The summed E-state index contributed by atoms with van der Waals surface area (Å²) in [6.45, 7) is 2.74. The van der Waals surface area contributed by atoms with Gasteiger partial charge < -0.3 is 10.1 Å². The minimum absolute atomic E-state index is 0.202. The van der Waals surface area contributed by atoms with Crippen LogP contribution in [0.5, 0.6) is 0 Å². The number of esters is 1. The molecule has 5 nitrogen and oxygen atoms in total. The van der Waals surface area contributed by atoms with Crippen molar-refractivity contribution >= 4 is 15.8 Å². The molecule has 0 aromatic heterocycles. The molecule has 0 heterocycles. The third-order valence-corrected chi connectivity index (χ3v) is 4.94. The van der Waals surface area contributed by atoms with Crippen LogP contribution in [-0.2, 0) is 19.4 Å². The normalized spacial score (nSPS) is 24.8. The summed E-state index contributed by atoms with van der Waals surface area (Å²) in [6, 6.07) is 0.202. The lowest BCUT2D eigenvalue weighted by atomic mass is 9.95. The van der Waals surface area contributed by atoms with Crippen molar-refractivity contribution in [2.24, 2.45) is 0 Å². The molecule has 1 rings (SSSR count). The number of carbonyl (C=O) groups excluding carboxylic acids is 1. The predicted octanol–water partition coefficient (Wildman–Crippen LogP) is 0.885. The first-order valence-electron chi connectivity index (χ1n) is 6.51. The van der Waals surface area contributed by atoms with Crippen LogP contribution in [0.15, 0.2) is 0 Å². The van der Waals surface area contributed by atoms with Crippen molar-refractivity contribution in [3.05, 3.63) is 0 Å². The topological polar surface area (TPSA) is 72.5 Å². The van der Waals surface area contributed by atoms with Gasteiger partial charge in [0.2, 0.25) is 0 Å². The molecule has 2 unspecified atom stereocenters. The quantitative estimate of drug-likeness (QED) is 0.730. The lowest BCUT2D eigenvalue weighted by Gasteiger charge is -2.28. The fourth-order valence-corrected chi connectivity index (χ4v) is 3.51. The number of ether oxygens (including phenoxy) is 1. The largest absolute Gasteiger partial charge is 0.466 e. The standard InChI is InChI=1S/C12H23NO4S/c1-3-17-12(14)7-8-13-10-5-4-6-11(9-10)18(2,15)16/h10-11,13H,3-9H2,1-2H3. The Labute approximate surface area is 109 Å². The lowest BCUT2D eigenvalue weighted by molar-refractivity contribution is -0.143. The Bertz CT molecular complexity index is 366. The molecule has 0 bridgehead atoms. The van der Waals surface area contributed by atoms with Crippen LogP contribution in [-0.4, -0.2) is 45.1 Å². The summed E-state index contributed by atoms with van der Waals surface area (Å²) < 4.78 is 27.8. The first-order valence-corrected chi connectivity index (χ1v) is 8.46. The summed E-state index contributed by atoms with van der Waals surface area (Å²) in [6.07, 6.45) is 4.97. The van der Waals surface area contributed by atoms with Crippen LogP contribution in [0, 0.1) is 0 Å². The zero-order valence-corrected chi connectivity index (χ0v) is 12.0. The van der Waals surface area contributed by atoms with E-state index in [1.807, 2.05) is 0 Å². The second kappa shape index (κ2) is 7.09. The van der Waals surface area contributed by atoms with Crippen molar-refractivity contribution < 1.29 is 17.9 Å².